The van der Waals surface area contributed by atoms with Gasteiger partial charge in [0, 0.05) is 36.4 Å². The number of anilines is 1. The maximum atomic E-state index is 10.3. The van der Waals surface area contributed by atoms with Crippen molar-refractivity contribution in [3.8, 4) is 0 Å². The predicted molar refractivity (Wildman–Crippen MR) is 83.1 cm³/mol. The predicted octanol–water partition coefficient (Wildman–Crippen LogP) is 2.80. The number of piperazine rings is 1. The normalized spacial score (nSPS) is 28.4. The maximum absolute atomic E-state index is 10.3. The van der Waals surface area contributed by atoms with Gasteiger partial charge in [0.2, 0.25) is 0 Å². The van der Waals surface area contributed by atoms with Gasteiger partial charge >= 0.3 is 0 Å². The molecule has 2 fully saturated rings. The summed E-state index contributed by atoms with van der Waals surface area (Å²) in [6.07, 6.45) is 3.08. The molecule has 2 aliphatic heterocycles. The highest BCUT2D eigenvalue weighted by Gasteiger charge is 2.35. The monoisotopic (exact) mass is 274 g/mol. The Balaban J connectivity index is 1.88. The Morgan fingerprint density at radius 2 is 2.10 bits per heavy atom. The van der Waals surface area contributed by atoms with E-state index in [2.05, 4.69) is 34.9 Å². The van der Waals surface area contributed by atoms with Crippen LogP contribution >= 0.6 is 0 Å². The molecule has 0 saturated carbocycles. The Morgan fingerprint density at radius 3 is 2.90 bits per heavy atom. The van der Waals surface area contributed by atoms with E-state index in [0.29, 0.717) is 12.1 Å². The van der Waals surface area contributed by atoms with Crippen LogP contribution in [0.5, 0.6) is 0 Å². The zero-order valence-corrected chi connectivity index (χ0v) is 12.6. The average Bonchev–Trinajstić information content (AvgIpc) is 2.92. The van der Waals surface area contributed by atoms with Crippen LogP contribution in [-0.2, 0) is 0 Å². The summed E-state index contributed by atoms with van der Waals surface area (Å²) in [5.41, 5.74) is 2.33. The summed E-state index contributed by atoms with van der Waals surface area (Å²) in [4.78, 5) is 5.15. The lowest BCUT2D eigenvalue weighted by molar-refractivity contribution is 0.172. The Bertz CT molecular complexity index is 462. The van der Waals surface area contributed by atoms with Gasteiger partial charge in [-0.2, -0.15) is 0 Å². The van der Waals surface area contributed by atoms with E-state index in [1.807, 2.05) is 13.0 Å². The molecule has 0 aliphatic carbocycles. The highest BCUT2D eigenvalue weighted by molar-refractivity contribution is 5.56. The molecule has 3 heteroatoms. The van der Waals surface area contributed by atoms with E-state index in [9.17, 15) is 5.11 Å². The fourth-order valence-electron chi connectivity index (χ4n) is 3.77. The number of para-hydroxylation sites is 1. The number of hydrogen-bond donors (Lipinski definition) is 1. The van der Waals surface area contributed by atoms with Crippen LogP contribution in [0.15, 0.2) is 24.3 Å². The summed E-state index contributed by atoms with van der Waals surface area (Å²) < 4.78 is 0. The van der Waals surface area contributed by atoms with Gasteiger partial charge in [0.25, 0.3) is 0 Å². The first kappa shape index (κ1) is 13.9. The van der Waals surface area contributed by atoms with E-state index in [-0.39, 0.29) is 6.10 Å². The molecule has 2 unspecified atom stereocenters. The Morgan fingerprint density at radius 1 is 1.30 bits per heavy atom. The van der Waals surface area contributed by atoms with Crippen molar-refractivity contribution in [1.82, 2.24) is 4.90 Å². The lowest BCUT2D eigenvalue weighted by atomic mass is 10.0. The summed E-state index contributed by atoms with van der Waals surface area (Å²) in [6.45, 7) is 7.88. The molecule has 0 spiro atoms. The van der Waals surface area contributed by atoms with Crippen LogP contribution in [0.25, 0.3) is 0 Å². The smallest absolute Gasteiger partial charge is 0.0807 e. The van der Waals surface area contributed by atoms with E-state index >= 15 is 0 Å². The molecule has 0 amide bonds. The number of aliphatic hydroxyl groups excluding tert-OH is 1. The van der Waals surface area contributed by atoms with Crippen LogP contribution in [0.1, 0.15) is 44.8 Å². The minimum atomic E-state index is -0.347. The number of hydrogen-bond acceptors (Lipinski definition) is 3. The molecular formula is C17H26N2O. The molecule has 2 aliphatic rings. The number of fused-ring (bicyclic) bond motifs is 1. The van der Waals surface area contributed by atoms with Crippen LogP contribution in [0, 0.1) is 0 Å². The van der Waals surface area contributed by atoms with Crippen LogP contribution in [0.3, 0.4) is 0 Å². The highest BCUT2D eigenvalue weighted by atomic mass is 16.3. The molecule has 1 N–H and O–H groups in total. The van der Waals surface area contributed by atoms with Crippen LogP contribution in [0.4, 0.5) is 5.69 Å². The molecule has 1 aromatic rings. The van der Waals surface area contributed by atoms with E-state index in [0.717, 1.165) is 25.1 Å². The van der Waals surface area contributed by atoms with Gasteiger partial charge in [-0.3, -0.25) is 4.90 Å². The summed E-state index contributed by atoms with van der Waals surface area (Å²) in [7, 11) is 0. The average molecular weight is 274 g/mol. The zero-order valence-electron chi connectivity index (χ0n) is 12.6. The number of benzene rings is 1. The maximum Gasteiger partial charge on any atom is 0.0807 e. The van der Waals surface area contributed by atoms with Crippen molar-refractivity contribution in [2.45, 2.75) is 51.3 Å². The summed E-state index contributed by atoms with van der Waals surface area (Å²) in [5.74, 6) is 0. The van der Waals surface area contributed by atoms with Crippen molar-refractivity contribution >= 4 is 5.69 Å². The fraction of sp³-hybridized carbons (Fsp3) is 0.647. The van der Waals surface area contributed by atoms with Crippen molar-refractivity contribution in [3.05, 3.63) is 29.8 Å². The minimum Gasteiger partial charge on any atom is -0.388 e. The molecule has 3 rings (SSSR count). The SMILES string of the molecule is CC[C@@H](O)c1ccccc1N1CC2CCCN2CC1C. The second-order valence-electron chi connectivity index (χ2n) is 6.28. The van der Waals surface area contributed by atoms with Crippen LogP contribution < -0.4 is 4.90 Å². The topological polar surface area (TPSA) is 26.7 Å². The molecule has 110 valence electrons. The lowest BCUT2D eigenvalue weighted by Crippen LogP contribution is -2.55. The van der Waals surface area contributed by atoms with E-state index in [4.69, 9.17) is 0 Å². The number of aliphatic hydroxyl groups is 1. The van der Waals surface area contributed by atoms with Gasteiger partial charge in [-0.15, -0.1) is 0 Å². The Hall–Kier alpha value is -1.06. The first-order valence-electron chi connectivity index (χ1n) is 7.98. The Labute approximate surface area is 122 Å². The van der Waals surface area contributed by atoms with Gasteiger partial charge < -0.3 is 10.0 Å². The van der Waals surface area contributed by atoms with E-state index in [1.165, 1.54) is 25.1 Å². The summed E-state index contributed by atoms with van der Waals surface area (Å²) >= 11 is 0. The summed E-state index contributed by atoms with van der Waals surface area (Å²) in [6, 6.07) is 9.61. The van der Waals surface area contributed by atoms with Gasteiger partial charge in [0.15, 0.2) is 0 Å². The van der Waals surface area contributed by atoms with Gasteiger partial charge in [0.1, 0.15) is 0 Å². The van der Waals surface area contributed by atoms with Crippen molar-refractivity contribution in [2.24, 2.45) is 0 Å². The number of nitrogens with zero attached hydrogens (tertiary/aromatic N) is 2. The van der Waals surface area contributed by atoms with Crippen LogP contribution in [0.2, 0.25) is 0 Å². The van der Waals surface area contributed by atoms with E-state index < -0.39 is 0 Å². The Kier molecular flexibility index (Phi) is 3.99. The van der Waals surface area contributed by atoms with Crippen molar-refractivity contribution < 1.29 is 5.11 Å². The first-order chi connectivity index (χ1) is 9.70. The quantitative estimate of drug-likeness (QED) is 0.918. The first-order valence-corrected chi connectivity index (χ1v) is 7.98. The fourth-order valence-corrected chi connectivity index (χ4v) is 3.77. The van der Waals surface area contributed by atoms with E-state index in [1.54, 1.807) is 0 Å². The molecule has 1 aromatic carbocycles. The van der Waals surface area contributed by atoms with Gasteiger partial charge in [0.05, 0.1) is 6.10 Å². The molecule has 0 bridgehead atoms. The summed E-state index contributed by atoms with van der Waals surface area (Å²) in [5, 5.41) is 10.3. The molecular weight excluding hydrogens is 248 g/mol. The van der Waals surface area contributed by atoms with Crippen molar-refractivity contribution in [1.29, 1.82) is 0 Å². The van der Waals surface area contributed by atoms with Crippen molar-refractivity contribution in [2.75, 3.05) is 24.5 Å². The number of rotatable bonds is 3. The third-order valence-corrected chi connectivity index (χ3v) is 4.93. The standard InChI is InChI=1S/C17H26N2O/c1-3-17(20)15-8-4-5-9-16(15)19-12-14-7-6-10-18(14)11-13(19)2/h4-5,8-9,13-14,17,20H,3,6-7,10-12H2,1-2H3/t13?,14?,17-/m1/s1. The van der Waals surface area contributed by atoms with Gasteiger partial charge in [-0.1, -0.05) is 25.1 Å². The molecule has 0 aromatic heterocycles. The van der Waals surface area contributed by atoms with Crippen LogP contribution in [-0.4, -0.2) is 41.7 Å². The molecule has 3 atom stereocenters. The zero-order chi connectivity index (χ0) is 14.1. The van der Waals surface area contributed by atoms with Gasteiger partial charge in [-0.05, 0) is 38.8 Å². The third-order valence-electron chi connectivity index (χ3n) is 4.93. The van der Waals surface area contributed by atoms with Gasteiger partial charge in [-0.25, -0.2) is 0 Å². The largest absolute Gasteiger partial charge is 0.388 e. The van der Waals surface area contributed by atoms with Crippen molar-refractivity contribution in [3.63, 3.8) is 0 Å². The minimum absolute atomic E-state index is 0.347. The second kappa shape index (κ2) is 5.74. The highest BCUT2D eigenvalue weighted by Crippen LogP contribution is 2.33. The second-order valence-corrected chi connectivity index (χ2v) is 6.28. The molecule has 3 nitrogen and oxygen atoms in total. The molecule has 2 heterocycles. The third kappa shape index (κ3) is 2.45. The molecule has 0 radical (unpaired) electrons. The molecule has 20 heavy (non-hydrogen) atoms. The lowest BCUT2D eigenvalue weighted by Gasteiger charge is -2.44. The molecule has 2 saturated heterocycles.